The molecule has 0 saturated carbocycles. The topological polar surface area (TPSA) is 76.3 Å². The Hall–Kier alpha value is -1.51. The van der Waals surface area contributed by atoms with Crippen LogP contribution in [0.4, 0.5) is 24.8 Å². The highest BCUT2D eigenvalue weighted by Crippen LogP contribution is 2.33. The molecule has 0 amide bonds. The molecule has 2 N–H and O–H groups in total. The van der Waals surface area contributed by atoms with Gasteiger partial charge in [0.2, 0.25) is 0 Å². The Labute approximate surface area is 114 Å². The number of hydrogen-bond donors (Lipinski definition) is 1. The highest BCUT2D eigenvalue weighted by molar-refractivity contribution is 7.91. The second kappa shape index (κ2) is 4.80. The molecule has 0 bridgehead atoms. The number of aromatic nitrogens is 1. The fourth-order valence-electron chi connectivity index (χ4n) is 2.19. The van der Waals surface area contributed by atoms with Gasteiger partial charge in [-0.1, -0.05) is 0 Å². The Morgan fingerprint density at radius 1 is 1.40 bits per heavy atom. The molecule has 20 heavy (non-hydrogen) atoms. The van der Waals surface area contributed by atoms with Crippen molar-refractivity contribution in [2.45, 2.75) is 19.1 Å². The molecule has 1 aromatic rings. The van der Waals surface area contributed by atoms with Crippen LogP contribution in [0.25, 0.3) is 0 Å². The van der Waals surface area contributed by atoms with E-state index in [-0.39, 0.29) is 29.7 Å². The molecule has 1 fully saturated rings. The van der Waals surface area contributed by atoms with Crippen LogP contribution in [0.5, 0.6) is 0 Å². The number of rotatable bonds is 1. The van der Waals surface area contributed by atoms with Gasteiger partial charge >= 0.3 is 6.18 Å². The van der Waals surface area contributed by atoms with Gasteiger partial charge in [0.05, 0.1) is 17.1 Å². The largest absolute Gasteiger partial charge is 0.416 e. The molecule has 0 aromatic carbocycles. The van der Waals surface area contributed by atoms with Crippen molar-refractivity contribution in [3.05, 3.63) is 17.7 Å². The lowest BCUT2D eigenvalue weighted by Gasteiger charge is -2.34. The van der Waals surface area contributed by atoms with Crippen molar-refractivity contribution in [3.8, 4) is 0 Å². The zero-order valence-corrected chi connectivity index (χ0v) is 11.5. The van der Waals surface area contributed by atoms with Crippen molar-refractivity contribution in [3.63, 3.8) is 0 Å². The molecule has 1 aromatic heterocycles. The van der Waals surface area contributed by atoms with Gasteiger partial charge in [-0.2, -0.15) is 13.2 Å². The van der Waals surface area contributed by atoms with Crippen molar-refractivity contribution < 1.29 is 21.6 Å². The molecule has 1 unspecified atom stereocenters. The summed E-state index contributed by atoms with van der Waals surface area (Å²) < 4.78 is 61.2. The maximum atomic E-state index is 12.7. The van der Waals surface area contributed by atoms with Crippen LogP contribution in [0.2, 0.25) is 0 Å². The number of sulfone groups is 1. The van der Waals surface area contributed by atoms with E-state index in [4.69, 9.17) is 5.73 Å². The third-order valence-electron chi connectivity index (χ3n) is 3.12. The molecule has 1 aliphatic heterocycles. The van der Waals surface area contributed by atoms with Gasteiger partial charge in [0.25, 0.3) is 0 Å². The molecule has 2 rings (SSSR count). The van der Waals surface area contributed by atoms with Gasteiger partial charge in [-0.05, 0) is 19.1 Å². The molecule has 9 heteroatoms. The number of alkyl halides is 3. The van der Waals surface area contributed by atoms with E-state index in [1.807, 2.05) is 0 Å². The molecule has 0 radical (unpaired) electrons. The Kier molecular flexibility index (Phi) is 3.57. The number of halogens is 3. The van der Waals surface area contributed by atoms with Crippen molar-refractivity contribution >= 4 is 21.5 Å². The quantitative estimate of drug-likeness (QED) is 0.846. The predicted octanol–water partition coefficient (Wildman–Crippen LogP) is 1.31. The summed E-state index contributed by atoms with van der Waals surface area (Å²) in [5.74, 6) is -0.393. The zero-order valence-electron chi connectivity index (χ0n) is 10.7. The average molecular weight is 309 g/mol. The number of nitrogens with two attached hydrogens (primary N) is 1. The standard InChI is InChI=1S/C11H14F3N3O2S/c1-7-6-20(18,19)3-2-17(7)10-5-8(11(12,13)14)4-9(15)16-10/h4-5,7H,2-3,6H2,1H3,(H2,15,16). The molecular formula is C11H14F3N3O2S. The Bertz CT molecular complexity index is 616. The van der Waals surface area contributed by atoms with Gasteiger partial charge in [-0.25, -0.2) is 13.4 Å². The van der Waals surface area contributed by atoms with Gasteiger partial charge in [-0.3, -0.25) is 0 Å². The lowest BCUT2D eigenvalue weighted by Crippen LogP contribution is -2.47. The summed E-state index contributed by atoms with van der Waals surface area (Å²) in [7, 11) is -3.14. The highest BCUT2D eigenvalue weighted by atomic mass is 32.2. The second-order valence-electron chi connectivity index (χ2n) is 4.79. The first-order valence-electron chi connectivity index (χ1n) is 5.90. The number of pyridine rings is 1. The summed E-state index contributed by atoms with van der Waals surface area (Å²) in [6, 6.07) is 1.21. The zero-order chi connectivity index (χ0) is 15.1. The van der Waals surface area contributed by atoms with Crippen LogP contribution in [0.15, 0.2) is 12.1 Å². The van der Waals surface area contributed by atoms with Crippen molar-refractivity contribution in [1.82, 2.24) is 4.98 Å². The van der Waals surface area contributed by atoms with E-state index in [0.29, 0.717) is 0 Å². The molecule has 0 spiro atoms. The van der Waals surface area contributed by atoms with Crippen molar-refractivity contribution in [2.75, 3.05) is 28.7 Å². The summed E-state index contributed by atoms with van der Waals surface area (Å²) in [5.41, 5.74) is 4.52. The molecular weight excluding hydrogens is 295 g/mol. The summed E-state index contributed by atoms with van der Waals surface area (Å²) in [4.78, 5) is 5.41. The van der Waals surface area contributed by atoms with Crippen LogP contribution < -0.4 is 10.6 Å². The second-order valence-corrected chi connectivity index (χ2v) is 7.02. The monoisotopic (exact) mass is 309 g/mol. The molecule has 1 aliphatic rings. The normalized spacial score (nSPS) is 22.8. The molecule has 112 valence electrons. The van der Waals surface area contributed by atoms with Crippen LogP contribution in [0.3, 0.4) is 0 Å². The summed E-state index contributed by atoms with van der Waals surface area (Å²) in [5, 5.41) is 0. The molecule has 5 nitrogen and oxygen atoms in total. The van der Waals surface area contributed by atoms with Gasteiger partial charge in [-0.15, -0.1) is 0 Å². The fraction of sp³-hybridized carbons (Fsp3) is 0.545. The van der Waals surface area contributed by atoms with Crippen LogP contribution in [-0.2, 0) is 16.0 Å². The Morgan fingerprint density at radius 3 is 2.60 bits per heavy atom. The molecule has 0 aliphatic carbocycles. The first-order valence-corrected chi connectivity index (χ1v) is 7.72. The molecule has 1 atom stereocenters. The SMILES string of the molecule is CC1CS(=O)(=O)CCN1c1cc(C(F)(F)F)cc(N)n1. The minimum Gasteiger partial charge on any atom is -0.384 e. The minimum atomic E-state index is -4.52. The van der Waals surface area contributed by atoms with Crippen molar-refractivity contribution in [1.29, 1.82) is 0 Å². The van der Waals surface area contributed by atoms with E-state index in [2.05, 4.69) is 4.98 Å². The van der Waals surface area contributed by atoms with E-state index in [9.17, 15) is 21.6 Å². The maximum absolute atomic E-state index is 12.7. The van der Waals surface area contributed by atoms with Crippen molar-refractivity contribution in [2.24, 2.45) is 0 Å². The fourth-order valence-corrected chi connectivity index (χ4v) is 3.74. The van der Waals surface area contributed by atoms with E-state index in [1.54, 1.807) is 6.92 Å². The number of nitrogen functional groups attached to an aromatic ring is 1. The smallest absolute Gasteiger partial charge is 0.384 e. The summed E-state index contributed by atoms with van der Waals surface area (Å²) >= 11 is 0. The summed E-state index contributed by atoms with van der Waals surface area (Å²) in [6.45, 7) is 1.74. The number of anilines is 2. The predicted molar refractivity (Wildman–Crippen MR) is 69.1 cm³/mol. The van der Waals surface area contributed by atoms with E-state index >= 15 is 0 Å². The minimum absolute atomic E-state index is 0.0553. The summed E-state index contributed by atoms with van der Waals surface area (Å²) in [6.07, 6.45) is -4.52. The van der Waals surface area contributed by atoms with E-state index in [0.717, 1.165) is 12.1 Å². The van der Waals surface area contributed by atoms with Gasteiger partial charge < -0.3 is 10.6 Å². The maximum Gasteiger partial charge on any atom is 0.416 e. The third-order valence-corrected chi connectivity index (χ3v) is 4.92. The van der Waals surface area contributed by atoms with Crippen LogP contribution in [0.1, 0.15) is 12.5 Å². The van der Waals surface area contributed by atoms with Gasteiger partial charge in [0.1, 0.15) is 11.6 Å². The Morgan fingerprint density at radius 2 is 2.05 bits per heavy atom. The number of nitrogens with zero attached hydrogens (tertiary/aromatic N) is 2. The average Bonchev–Trinajstić information content (AvgIpc) is 2.25. The Balaban J connectivity index is 2.36. The first-order chi connectivity index (χ1) is 9.08. The van der Waals surface area contributed by atoms with Gasteiger partial charge in [0.15, 0.2) is 9.84 Å². The molecule has 2 heterocycles. The van der Waals surface area contributed by atoms with Crippen LogP contribution >= 0.6 is 0 Å². The molecule has 1 saturated heterocycles. The van der Waals surface area contributed by atoms with E-state index in [1.165, 1.54) is 4.90 Å². The first kappa shape index (κ1) is 14.9. The number of hydrogen-bond acceptors (Lipinski definition) is 5. The van der Waals surface area contributed by atoms with Crippen LogP contribution in [-0.4, -0.2) is 37.5 Å². The lowest BCUT2D eigenvalue weighted by atomic mass is 10.2. The lowest BCUT2D eigenvalue weighted by molar-refractivity contribution is -0.137. The highest BCUT2D eigenvalue weighted by Gasteiger charge is 2.34. The third kappa shape index (κ3) is 3.14. The van der Waals surface area contributed by atoms with Gasteiger partial charge in [0, 0.05) is 12.6 Å². The van der Waals surface area contributed by atoms with E-state index < -0.39 is 27.6 Å². The van der Waals surface area contributed by atoms with Crippen LogP contribution in [0, 0.1) is 0 Å².